The Morgan fingerprint density at radius 2 is 1.15 bits per heavy atom. The molecule has 0 aliphatic carbocycles. The molecular weight excluding hydrogens is 324 g/mol. The minimum Gasteiger partial charge on any atom is -0.381 e. The lowest BCUT2D eigenvalue weighted by molar-refractivity contribution is -0.0565. The number of rotatable bonds is 8. The van der Waals surface area contributed by atoms with Crippen molar-refractivity contribution in [3.8, 4) is 0 Å². The van der Waals surface area contributed by atoms with E-state index in [2.05, 4.69) is 48.5 Å². The summed E-state index contributed by atoms with van der Waals surface area (Å²) in [6, 6.07) is 21.0. The van der Waals surface area contributed by atoms with Crippen molar-refractivity contribution in [2.75, 3.05) is 26.4 Å². The largest absolute Gasteiger partial charge is 0.381 e. The van der Waals surface area contributed by atoms with Crippen LogP contribution in [-0.4, -0.2) is 38.6 Å². The van der Waals surface area contributed by atoms with Gasteiger partial charge in [0.1, 0.15) is 0 Å². The Morgan fingerprint density at radius 1 is 0.692 bits per heavy atom. The lowest BCUT2D eigenvalue weighted by atomic mass is 10.0. The highest BCUT2D eigenvalue weighted by molar-refractivity contribution is 5.15. The SMILES string of the molecule is c1ccc(CCOC2CCOCCC(OCCc3ccccc3)C2)cc1. The van der Waals surface area contributed by atoms with Crippen LogP contribution in [0.4, 0.5) is 0 Å². The fraction of sp³-hybridized carbons (Fsp3) is 0.478. The molecule has 1 aliphatic rings. The van der Waals surface area contributed by atoms with E-state index in [1.165, 1.54) is 11.1 Å². The van der Waals surface area contributed by atoms with Gasteiger partial charge in [0, 0.05) is 13.2 Å². The first-order valence-corrected chi connectivity index (χ1v) is 9.79. The van der Waals surface area contributed by atoms with E-state index in [0.717, 1.165) is 58.5 Å². The van der Waals surface area contributed by atoms with Crippen LogP contribution in [0.2, 0.25) is 0 Å². The highest BCUT2D eigenvalue weighted by Gasteiger charge is 2.20. The molecule has 1 fully saturated rings. The highest BCUT2D eigenvalue weighted by atomic mass is 16.5. The zero-order chi connectivity index (χ0) is 17.9. The quantitative estimate of drug-likeness (QED) is 0.701. The van der Waals surface area contributed by atoms with Gasteiger partial charge in [0.05, 0.1) is 25.4 Å². The van der Waals surface area contributed by atoms with Crippen LogP contribution in [0.15, 0.2) is 60.7 Å². The number of benzene rings is 2. The molecule has 1 saturated heterocycles. The lowest BCUT2D eigenvalue weighted by Gasteiger charge is -2.27. The first-order valence-electron chi connectivity index (χ1n) is 9.79. The van der Waals surface area contributed by atoms with Crippen molar-refractivity contribution in [2.45, 2.75) is 44.3 Å². The molecule has 0 N–H and O–H groups in total. The summed E-state index contributed by atoms with van der Waals surface area (Å²) >= 11 is 0. The first-order chi connectivity index (χ1) is 12.9. The van der Waals surface area contributed by atoms with E-state index in [-0.39, 0.29) is 12.2 Å². The van der Waals surface area contributed by atoms with Crippen molar-refractivity contribution in [3.63, 3.8) is 0 Å². The lowest BCUT2D eigenvalue weighted by Crippen LogP contribution is -2.29. The normalized spacial score (nSPS) is 21.1. The maximum absolute atomic E-state index is 6.16. The van der Waals surface area contributed by atoms with Crippen LogP contribution in [0.5, 0.6) is 0 Å². The van der Waals surface area contributed by atoms with Crippen LogP contribution in [0.25, 0.3) is 0 Å². The average molecular weight is 354 g/mol. The van der Waals surface area contributed by atoms with E-state index in [9.17, 15) is 0 Å². The molecule has 2 aromatic rings. The minimum atomic E-state index is 0.223. The number of hydrogen-bond acceptors (Lipinski definition) is 3. The van der Waals surface area contributed by atoms with Crippen molar-refractivity contribution >= 4 is 0 Å². The average Bonchev–Trinajstić information content (AvgIpc) is 2.66. The summed E-state index contributed by atoms with van der Waals surface area (Å²) in [6.45, 7) is 3.08. The molecule has 140 valence electrons. The predicted molar refractivity (Wildman–Crippen MR) is 104 cm³/mol. The summed E-state index contributed by atoms with van der Waals surface area (Å²) in [5.74, 6) is 0. The molecule has 26 heavy (non-hydrogen) atoms. The maximum Gasteiger partial charge on any atom is 0.0621 e. The molecule has 1 heterocycles. The van der Waals surface area contributed by atoms with Crippen molar-refractivity contribution < 1.29 is 14.2 Å². The molecule has 0 amide bonds. The molecule has 3 nitrogen and oxygen atoms in total. The van der Waals surface area contributed by atoms with Crippen LogP contribution in [-0.2, 0) is 27.1 Å². The zero-order valence-electron chi connectivity index (χ0n) is 15.5. The monoisotopic (exact) mass is 354 g/mol. The van der Waals surface area contributed by atoms with Crippen LogP contribution in [0.3, 0.4) is 0 Å². The Labute approximate surface area is 157 Å². The van der Waals surface area contributed by atoms with Crippen LogP contribution >= 0.6 is 0 Å². The van der Waals surface area contributed by atoms with Crippen molar-refractivity contribution in [1.29, 1.82) is 0 Å². The third kappa shape index (κ3) is 6.91. The van der Waals surface area contributed by atoms with E-state index in [1.54, 1.807) is 0 Å². The van der Waals surface area contributed by atoms with Gasteiger partial charge in [-0.1, -0.05) is 60.7 Å². The molecule has 2 atom stereocenters. The summed E-state index contributed by atoms with van der Waals surface area (Å²) in [4.78, 5) is 0. The van der Waals surface area contributed by atoms with E-state index < -0.39 is 0 Å². The number of ether oxygens (including phenoxy) is 3. The summed E-state index contributed by atoms with van der Waals surface area (Å²) in [5.41, 5.74) is 2.65. The molecule has 1 aliphatic heterocycles. The Balaban J connectivity index is 1.41. The van der Waals surface area contributed by atoms with E-state index in [4.69, 9.17) is 14.2 Å². The fourth-order valence-corrected chi connectivity index (χ4v) is 3.34. The second kappa shape index (κ2) is 11.1. The van der Waals surface area contributed by atoms with Crippen LogP contribution in [0.1, 0.15) is 30.4 Å². The molecular formula is C23H30O3. The van der Waals surface area contributed by atoms with Gasteiger partial charge in [-0.3, -0.25) is 0 Å². The molecule has 0 aromatic heterocycles. The van der Waals surface area contributed by atoms with Gasteiger partial charge in [-0.15, -0.1) is 0 Å². The Bertz CT molecular complexity index is 546. The maximum atomic E-state index is 6.16. The molecule has 0 bridgehead atoms. The highest BCUT2D eigenvalue weighted by Crippen LogP contribution is 2.17. The summed E-state index contributed by atoms with van der Waals surface area (Å²) in [7, 11) is 0. The first kappa shape index (κ1) is 19.1. The zero-order valence-corrected chi connectivity index (χ0v) is 15.5. The van der Waals surface area contributed by atoms with Crippen molar-refractivity contribution in [3.05, 3.63) is 71.8 Å². The molecule has 0 radical (unpaired) electrons. The molecule has 2 unspecified atom stereocenters. The molecule has 3 heteroatoms. The third-order valence-electron chi connectivity index (χ3n) is 4.87. The van der Waals surface area contributed by atoms with Gasteiger partial charge in [0.25, 0.3) is 0 Å². The van der Waals surface area contributed by atoms with Crippen molar-refractivity contribution in [1.82, 2.24) is 0 Å². The van der Waals surface area contributed by atoms with Gasteiger partial charge in [0.2, 0.25) is 0 Å². The van der Waals surface area contributed by atoms with Gasteiger partial charge in [0.15, 0.2) is 0 Å². The Hall–Kier alpha value is -1.68. The standard InChI is InChI=1S/C23H30O3/c1-3-7-20(8-4-1)11-17-25-22-13-15-24-16-14-23(19-22)26-18-12-21-9-5-2-6-10-21/h1-10,22-23H,11-19H2. The second-order valence-electron chi connectivity index (χ2n) is 6.88. The molecule has 3 rings (SSSR count). The smallest absolute Gasteiger partial charge is 0.0621 e. The molecule has 0 spiro atoms. The van der Waals surface area contributed by atoms with Gasteiger partial charge >= 0.3 is 0 Å². The number of hydrogen-bond donors (Lipinski definition) is 0. The van der Waals surface area contributed by atoms with Gasteiger partial charge in [-0.25, -0.2) is 0 Å². The topological polar surface area (TPSA) is 27.7 Å². The third-order valence-corrected chi connectivity index (χ3v) is 4.87. The van der Waals surface area contributed by atoms with Crippen LogP contribution < -0.4 is 0 Å². The summed E-state index contributed by atoms with van der Waals surface area (Å²) in [5, 5.41) is 0. The van der Waals surface area contributed by atoms with E-state index in [0.29, 0.717) is 0 Å². The summed E-state index contributed by atoms with van der Waals surface area (Å²) in [6.07, 6.45) is 5.23. The minimum absolute atomic E-state index is 0.223. The predicted octanol–water partition coefficient (Wildman–Crippen LogP) is 4.44. The van der Waals surface area contributed by atoms with Gasteiger partial charge in [-0.05, 0) is 43.2 Å². The Kier molecular flexibility index (Phi) is 8.17. The second-order valence-corrected chi connectivity index (χ2v) is 6.88. The molecule has 0 saturated carbocycles. The molecule has 2 aromatic carbocycles. The van der Waals surface area contributed by atoms with Crippen molar-refractivity contribution in [2.24, 2.45) is 0 Å². The van der Waals surface area contributed by atoms with Gasteiger partial charge < -0.3 is 14.2 Å². The van der Waals surface area contributed by atoms with Crippen LogP contribution in [0, 0.1) is 0 Å². The van der Waals surface area contributed by atoms with E-state index >= 15 is 0 Å². The van der Waals surface area contributed by atoms with E-state index in [1.807, 2.05) is 12.1 Å². The fourth-order valence-electron chi connectivity index (χ4n) is 3.34. The Morgan fingerprint density at radius 3 is 1.62 bits per heavy atom. The summed E-state index contributed by atoms with van der Waals surface area (Å²) < 4.78 is 18.0. The van der Waals surface area contributed by atoms with Gasteiger partial charge in [-0.2, -0.15) is 0 Å².